The average molecular weight is 256 g/mol. The SMILES string of the molecule is C[C@H]1[C@H]2CC3C[C@@H]4C[C@@H](C3)CC2(C4)OS1(=O)=O. The molecule has 5 rings (SSSR count). The lowest BCUT2D eigenvalue weighted by Crippen LogP contribution is -2.43. The molecule has 3 nitrogen and oxygen atoms in total. The molecule has 0 radical (unpaired) electrons. The van der Waals surface area contributed by atoms with Crippen molar-refractivity contribution in [3.05, 3.63) is 0 Å². The van der Waals surface area contributed by atoms with Crippen LogP contribution in [0.3, 0.4) is 0 Å². The van der Waals surface area contributed by atoms with Crippen LogP contribution in [0.1, 0.15) is 45.4 Å². The van der Waals surface area contributed by atoms with E-state index in [0.717, 1.165) is 37.0 Å². The van der Waals surface area contributed by atoms with Crippen LogP contribution >= 0.6 is 0 Å². The van der Waals surface area contributed by atoms with Crippen molar-refractivity contribution in [2.75, 3.05) is 0 Å². The van der Waals surface area contributed by atoms with Crippen molar-refractivity contribution in [3.8, 4) is 0 Å². The Labute approximate surface area is 103 Å². The Hall–Kier alpha value is -0.0900. The van der Waals surface area contributed by atoms with Crippen LogP contribution in [0, 0.1) is 23.7 Å². The van der Waals surface area contributed by atoms with E-state index in [1.165, 1.54) is 19.3 Å². The van der Waals surface area contributed by atoms with Gasteiger partial charge in [0.25, 0.3) is 10.1 Å². The van der Waals surface area contributed by atoms with Crippen molar-refractivity contribution in [3.63, 3.8) is 0 Å². The van der Waals surface area contributed by atoms with Gasteiger partial charge in [-0.25, -0.2) is 0 Å². The number of rotatable bonds is 0. The topological polar surface area (TPSA) is 43.4 Å². The first-order valence-corrected chi connectivity index (χ1v) is 8.40. The predicted molar refractivity (Wildman–Crippen MR) is 63.9 cm³/mol. The number of hydrogen-bond acceptors (Lipinski definition) is 3. The fourth-order valence-corrected chi connectivity index (χ4v) is 7.06. The molecule has 17 heavy (non-hydrogen) atoms. The molecule has 5 fully saturated rings. The standard InChI is InChI=1S/C13H20O3S/c1-8-12-5-9-2-10-4-11(3-9)7-13(12,6-10)16-17(8,14)15/h8-12H,2-7H2,1H3/t8-,9?,10+,11+,12+,13?/m0/s1. The van der Waals surface area contributed by atoms with Crippen LogP contribution in [-0.4, -0.2) is 19.3 Å². The zero-order valence-electron chi connectivity index (χ0n) is 10.3. The van der Waals surface area contributed by atoms with Gasteiger partial charge in [-0.05, 0) is 63.2 Å². The van der Waals surface area contributed by atoms with Gasteiger partial charge in [-0.3, -0.25) is 4.18 Å². The zero-order valence-corrected chi connectivity index (χ0v) is 11.1. The monoisotopic (exact) mass is 256 g/mol. The van der Waals surface area contributed by atoms with Gasteiger partial charge in [0.1, 0.15) is 0 Å². The molecule has 0 aromatic rings. The van der Waals surface area contributed by atoms with Crippen LogP contribution in [0.25, 0.3) is 0 Å². The Bertz CT molecular complexity index is 441. The van der Waals surface area contributed by atoms with Gasteiger partial charge in [-0.2, -0.15) is 8.42 Å². The molecule has 96 valence electrons. The lowest BCUT2D eigenvalue weighted by atomic mass is 9.65. The summed E-state index contributed by atoms with van der Waals surface area (Å²) in [6.07, 6.45) is 7.08. The summed E-state index contributed by atoms with van der Waals surface area (Å²) in [5.41, 5.74) is -0.295. The van der Waals surface area contributed by atoms with Crippen molar-refractivity contribution in [2.45, 2.75) is 56.3 Å². The van der Waals surface area contributed by atoms with Crippen molar-refractivity contribution < 1.29 is 12.6 Å². The minimum absolute atomic E-state index is 0.271. The highest BCUT2D eigenvalue weighted by Crippen LogP contribution is 2.60. The zero-order chi connectivity index (χ0) is 11.8. The van der Waals surface area contributed by atoms with Crippen LogP contribution in [0.4, 0.5) is 0 Å². The fraction of sp³-hybridized carbons (Fsp3) is 1.00. The van der Waals surface area contributed by atoms with Crippen LogP contribution in [0.15, 0.2) is 0 Å². The Morgan fingerprint density at radius 1 is 1.00 bits per heavy atom. The van der Waals surface area contributed by atoms with E-state index in [1.807, 2.05) is 6.92 Å². The Balaban J connectivity index is 1.83. The molecule has 0 aromatic heterocycles. The molecular weight excluding hydrogens is 236 g/mol. The minimum atomic E-state index is -3.29. The van der Waals surface area contributed by atoms with Crippen molar-refractivity contribution in [1.29, 1.82) is 0 Å². The molecule has 0 unspecified atom stereocenters. The molecule has 4 atom stereocenters. The van der Waals surface area contributed by atoms with E-state index in [2.05, 4.69) is 0 Å². The fourth-order valence-electron chi connectivity index (χ4n) is 5.42. The van der Waals surface area contributed by atoms with Gasteiger partial charge in [-0.15, -0.1) is 0 Å². The molecule has 5 aliphatic rings. The lowest BCUT2D eigenvalue weighted by Gasteiger charge is -2.43. The number of hydrogen-bond donors (Lipinski definition) is 0. The molecule has 0 N–H and O–H groups in total. The normalized spacial score (nSPS) is 59.0. The average Bonchev–Trinajstić information content (AvgIpc) is 2.33. The largest absolute Gasteiger partial charge is 0.270 e. The summed E-state index contributed by atoms with van der Waals surface area (Å²) < 4.78 is 29.7. The summed E-state index contributed by atoms with van der Waals surface area (Å²) in [4.78, 5) is 0. The second-order valence-electron chi connectivity index (χ2n) is 6.90. The molecule has 0 aromatic carbocycles. The summed E-state index contributed by atoms with van der Waals surface area (Å²) >= 11 is 0. The molecular formula is C13H20O3S. The molecule has 4 aliphatic carbocycles. The molecule has 1 aliphatic heterocycles. The molecule has 1 saturated heterocycles. The third kappa shape index (κ3) is 1.34. The smallest absolute Gasteiger partial charge is 0.263 e. The molecule has 4 heteroatoms. The van der Waals surface area contributed by atoms with Crippen LogP contribution in [0.5, 0.6) is 0 Å². The highest BCUT2D eigenvalue weighted by atomic mass is 32.2. The van der Waals surface area contributed by atoms with Crippen LogP contribution in [-0.2, 0) is 14.3 Å². The lowest BCUT2D eigenvalue weighted by molar-refractivity contribution is -0.0263. The van der Waals surface area contributed by atoms with Crippen molar-refractivity contribution in [1.82, 2.24) is 0 Å². The second kappa shape index (κ2) is 3.08. The summed E-state index contributed by atoms with van der Waals surface area (Å²) in [6.45, 7) is 1.86. The van der Waals surface area contributed by atoms with Gasteiger partial charge in [0, 0.05) is 5.92 Å². The van der Waals surface area contributed by atoms with Crippen molar-refractivity contribution >= 4 is 10.1 Å². The van der Waals surface area contributed by atoms with Crippen LogP contribution < -0.4 is 0 Å². The molecule has 1 spiro atoms. The third-order valence-corrected chi connectivity index (χ3v) is 7.64. The quantitative estimate of drug-likeness (QED) is 0.625. The van der Waals surface area contributed by atoms with E-state index in [1.54, 1.807) is 0 Å². The summed E-state index contributed by atoms with van der Waals surface area (Å²) in [6, 6.07) is 0. The van der Waals surface area contributed by atoms with E-state index in [9.17, 15) is 8.42 Å². The molecule has 4 saturated carbocycles. The van der Waals surface area contributed by atoms with Gasteiger partial charge in [-0.1, -0.05) is 0 Å². The second-order valence-corrected chi connectivity index (χ2v) is 8.80. The van der Waals surface area contributed by atoms with Gasteiger partial charge in [0.05, 0.1) is 10.9 Å². The highest BCUT2D eigenvalue weighted by Gasteiger charge is 2.62. The van der Waals surface area contributed by atoms with E-state index < -0.39 is 10.1 Å². The highest BCUT2D eigenvalue weighted by molar-refractivity contribution is 7.87. The van der Waals surface area contributed by atoms with Crippen LogP contribution in [0.2, 0.25) is 0 Å². The summed E-state index contributed by atoms with van der Waals surface area (Å²) in [5.74, 6) is 2.51. The van der Waals surface area contributed by atoms with E-state index in [0.29, 0.717) is 0 Å². The first-order valence-electron chi connectivity index (χ1n) is 6.93. The van der Waals surface area contributed by atoms with Gasteiger partial charge >= 0.3 is 0 Å². The first kappa shape index (κ1) is 10.8. The third-order valence-electron chi connectivity index (χ3n) is 5.84. The Morgan fingerprint density at radius 3 is 2.24 bits per heavy atom. The predicted octanol–water partition coefficient (Wildman–Crippen LogP) is 2.32. The van der Waals surface area contributed by atoms with Gasteiger partial charge < -0.3 is 0 Å². The summed E-state index contributed by atoms with van der Waals surface area (Å²) in [5, 5.41) is -0.277. The van der Waals surface area contributed by atoms with Gasteiger partial charge in [0.15, 0.2) is 0 Å². The van der Waals surface area contributed by atoms with Gasteiger partial charge in [0.2, 0.25) is 0 Å². The van der Waals surface area contributed by atoms with E-state index >= 15 is 0 Å². The van der Waals surface area contributed by atoms with E-state index in [4.69, 9.17) is 4.18 Å². The van der Waals surface area contributed by atoms with E-state index in [-0.39, 0.29) is 16.8 Å². The maximum Gasteiger partial charge on any atom is 0.270 e. The molecule has 4 bridgehead atoms. The summed E-state index contributed by atoms with van der Waals surface area (Å²) in [7, 11) is -3.29. The maximum absolute atomic E-state index is 12.0. The molecule has 1 heterocycles. The first-order chi connectivity index (χ1) is 7.98. The Morgan fingerprint density at radius 2 is 1.59 bits per heavy atom. The maximum atomic E-state index is 12.0. The molecule has 0 amide bonds. The van der Waals surface area contributed by atoms with Crippen molar-refractivity contribution in [2.24, 2.45) is 23.7 Å². The minimum Gasteiger partial charge on any atom is -0.263 e. The Kier molecular flexibility index (Phi) is 1.95.